The number of carbonyl (C=O) groups excluding carboxylic acids is 1. The van der Waals surface area contributed by atoms with Crippen LogP contribution in [-0.2, 0) is 27.8 Å². The van der Waals surface area contributed by atoms with Gasteiger partial charge in [-0.15, -0.1) is 0 Å². The van der Waals surface area contributed by atoms with Crippen molar-refractivity contribution < 1.29 is 22.7 Å². The molecule has 0 saturated heterocycles. The van der Waals surface area contributed by atoms with Gasteiger partial charge in [-0.1, -0.05) is 23.7 Å². The number of benzene rings is 2. The smallest absolute Gasteiger partial charge is 0.243 e. The van der Waals surface area contributed by atoms with Crippen LogP contribution in [0.1, 0.15) is 18.1 Å². The number of halogens is 1. The maximum Gasteiger partial charge on any atom is 0.243 e. The average molecular weight is 468 g/mol. The number of methoxy groups -OCH3 is 2. The second-order valence-corrected chi connectivity index (χ2v) is 9.68. The maximum absolute atomic E-state index is 12.5. The Kier molecular flexibility index (Phi) is 7.30. The van der Waals surface area contributed by atoms with Crippen LogP contribution in [0.15, 0.2) is 30.3 Å². The van der Waals surface area contributed by atoms with Crippen molar-refractivity contribution in [3.05, 3.63) is 46.5 Å². The first kappa shape index (κ1) is 23.2. The quantitative estimate of drug-likeness (QED) is 0.619. The van der Waals surface area contributed by atoms with E-state index in [0.29, 0.717) is 41.7 Å². The number of carbonyl (C=O) groups is 1. The number of nitrogens with zero attached hydrogens (tertiary/aromatic N) is 1. The molecule has 1 aliphatic rings. The molecular weight excluding hydrogens is 442 g/mol. The van der Waals surface area contributed by atoms with Crippen LogP contribution < -0.4 is 20.1 Å². The molecule has 0 radical (unpaired) electrons. The van der Waals surface area contributed by atoms with Gasteiger partial charge >= 0.3 is 0 Å². The third kappa shape index (κ3) is 5.23. The van der Waals surface area contributed by atoms with Crippen LogP contribution in [-0.4, -0.2) is 51.7 Å². The number of fused-ring (bicyclic) bond motifs is 1. The Morgan fingerprint density at radius 3 is 2.58 bits per heavy atom. The maximum atomic E-state index is 12.5. The zero-order valence-corrected chi connectivity index (χ0v) is 19.3. The highest BCUT2D eigenvalue weighted by Gasteiger charge is 2.26. The van der Waals surface area contributed by atoms with Crippen LogP contribution in [0.3, 0.4) is 0 Å². The Balaban J connectivity index is 1.69. The molecule has 0 saturated carbocycles. The Morgan fingerprint density at radius 2 is 1.90 bits per heavy atom. The average Bonchev–Trinajstić information content (AvgIpc) is 2.77. The van der Waals surface area contributed by atoms with Gasteiger partial charge in [0, 0.05) is 30.9 Å². The molecule has 168 valence electrons. The van der Waals surface area contributed by atoms with Gasteiger partial charge in [0.2, 0.25) is 15.9 Å². The molecule has 0 fully saturated rings. The zero-order valence-electron chi connectivity index (χ0n) is 17.7. The second-order valence-electron chi connectivity index (χ2n) is 7.02. The fourth-order valence-corrected chi connectivity index (χ4v) is 4.80. The van der Waals surface area contributed by atoms with Crippen molar-refractivity contribution >= 4 is 38.9 Å². The lowest BCUT2D eigenvalue weighted by Crippen LogP contribution is -2.37. The first-order chi connectivity index (χ1) is 14.8. The summed E-state index contributed by atoms with van der Waals surface area (Å²) in [5.41, 5.74) is 3.24. The Hall–Kier alpha value is -2.49. The molecule has 0 aromatic heterocycles. The number of ether oxygens (including phenoxy) is 2. The van der Waals surface area contributed by atoms with Gasteiger partial charge in [0.25, 0.3) is 0 Å². The SMILES string of the molecule is CCS(=O)(=O)N1CCc2c(cccc2NCC(=O)Nc2cc(OC)c(Cl)cc2OC)C1. The summed E-state index contributed by atoms with van der Waals surface area (Å²) in [4.78, 5) is 12.5. The first-order valence-corrected chi connectivity index (χ1v) is 11.8. The lowest BCUT2D eigenvalue weighted by atomic mass is 9.99. The van der Waals surface area contributed by atoms with Crippen LogP contribution in [0, 0.1) is 0 Å². The molecule has 0 spiro atoms. The largest absolute Gasteiger partial charge is 0.495 e. The van der Waals surface area contributed by atoms with Crippen molar-refractivity contribution in [1.29, 1.82) is 0 Å². The molecule has 2 N–H and O–H groups in total. The third-order valence-corrected chi connectivity index (χ3v) is 7.30. The summed E-state index contributed by atoms with van der Waals surface area (Å²) in [7, 11) is -0.253. The normalized spacial score (nSPS) is 13.9. The number of amides is 1. The second kappa shape index (κ2) is 9.76. The Morgan fingerprint density at radius 1 is 1.16 bits per heavy atom. The van der Waals surface area contributed by atoms with E-state index >= 15 is 0 Å². The summed E-state index contributed by atoms with van der Waals surface area (Å²) < 4.78 is 36.4. The minimum atomic E-state index is -3.24. The van der Waals surface area contributed by atoms with E-state index < -0.39 is 10.0 Å². The molecule has 0 unspecified atom stereocenters. The van der Waals surface area contributed by atoms with Crippen LogP contribution in [0.25, 0.3) is 0 Å². The monoisotopic (exact) mass is 467 g/mol. The summed E-state index contributed by atoms with van der Waals surface area (Å²) in [6.07, 6.45) is 0.585. The van der Waals surface area contributed by atoms with Gasteiger partial charge in [0.05, 0.1) is 37.2 Å². The van der Waals surface area contributed by atoms with Crippen LogP contribution in [0.5, 0.6) is 11.5 Å². The van der Waals surface area contributed by atoms with E-state index in [4.69, 9.17) is 21.1 Å². The van der Waals surface area contributed by atoms with Crippen molar-refractivity contribution in [3.8, 4) is 11.5 Å². The van der Waals surface area contributed by atoms with Gasteiger partial charge < -0.3 is 20.1 Å². The number of hydrogen-bond donors (Lipinski definition) is 2. The minimum absolute atomic E-state index is 0.0293. The minimum Gasteiger partial charge on any atom is -0.495 e. The Bertz CT molecular complexity index is 1070. The molecule has 31 heavy (non-hydrogen) atoms. The summed E-state index contributed by atoms with van der Waals surface area (Å²) >= 11 is 6.10. The highest BCUT2D eigenvalue weighted by molar-refractivity contribution is 7.89. The van der Waals surface area contributed by atoms with Gasteiger partial charge in [-0.2, -0.15) is 4.31 Å². The van der Waals surface area contributed by atoms with Gasteiger partial charge in [-0.25, -0.2) is 8.42 Å². The molecule has 0 aliphatic carbocycles. The predicted molar refractivity (Wildman–Crippen MR) is 122 cm³/mol. The molecule has 2 aromatic rings. The van der Waals surface area contributed by atoms with E-state index in [2.05, 4.69) is 10.6 Å². The van der Waals surface area contributed by atoms with E-state index in [9.17, 15) is 13.2 Å². The van der Waals surface area contributed by atoms with Crippen molar-refractivity contribution in [3.63, 3.8) is 0 Å². The van der Waals surface area contributed by atoms with E-state index in [-0.39, 0.29) is 18.2 Å². The number of sulfonamides is 1. The van der Waals surface area contributed by atoms with E-state index in [0.717, 1.165) is 16.8 Å². The molecule has 3 rings (SSSR count). The number of nitrogens with one attached hydrogen (secondary N) is 2. The molecule has 1 amide bonds. The Labute approximate surface area is 187 Å². The van der Waals surface area contributed by atoms with E-state index in [1.54, 1.807) is 19.1 Å². The number of rotatable bonds is 8. The molecule has 8 nitrogen and oxygen atoms in total. The standard InChI is InChI=1S/C21H26ClN3O5S/c1-4-31(27,28)25-9-8-15-14(13-25)6-5-7-17(15)23-12-21(26)24-18-11-19(29-2)16(22)10-20(18)30-3/h5-7,10-11,23H,4,8-9,12-13H2,1-3H3,(H,24,26). The summed E-state index contributed by atoms with van der Waals surface area (Å²) in [5.74, 6) is 0.661. The van der Waals surface area contributed by atoms with Crippen LogP contribution >= 0.6 is 11.6 Å². The van der Waals surface area contributed by atoms with Crippen LogP contribution in [0.4, 0.5) is 11.4 Å². The van der Waals surface area contributed by atoms with Crippen molar-refractivity contribution in [2.75, 3.05) is 43.7 Å². The van der Waals surface area contributed by atoms with E-state index in [1.165, 1.54) is 18.5 Å². The molecule has 0 bridgehead atoms. The lowest BCUT2D eigenvalue weighted by Gasteiger charge is -2.29. The molecule has 10 heteroatoms. The van der Waals surface area contributed by atoms with Gasteiger partial charge in [-0.3, -0.25) is 4.79 Å². The van der Waals surface area contributed by atoms with Crippen LogP contribution in [0.2, 0.25) is 5.02 Å². The molecule has 0 atom stereocenters. The fraction of sp³-hybridized carbons (Fsp3) is 0.381. The highest BCUT2D eigenvalue weighted by Crippen LogP contribution is 2.36. The summed E-state index contributed by atoms with van der Waals surface area (Å²) in [6, 6.07) is 8.85. The van der Waals surface area contributed by atoms with Gasteiger partial charge in [-0.05, 0) is 30.5 Å². The third-order valence-electron chi connectivity index (χ3n) is 5.18. The van der Waals surface area contributed by atoms with Crippen molar-refractivity contribution in [2.24, 2.45) is 0 Å². The van der Waals surface area contributed by atoms with Gasteiger partial charge in [0.1, 0.15) is 11.5 Å². The zero-order chi connectivity index (χ0) is 22.6. The topological polar surface area (TPSA) is 97.0 Å². The number of hydrogen-bond acceptors (Lipinski definition) is 6. The first-order valence-electron chi connectivity index (χ1n) is 9.82. The predicted octanol–water partition coefficient (Wildman–Crippen LogP) is 3.12. The van der Waals surface area contributed by atoms with E-state index in [1.807, 2.05) is 18.2 Å². The molecule has 1 aliphatic heterocycles. The van der Waals surface area contributed by atoms with Crippen molar-refractivity contribution in [2.45, 2.75) is 19.9 Å². The van der Waals surface area contributed by atoms with Gasteiger partial charge in [0.15, 0.2) is 0 Å². The summed E-state index contributed by atoms with van der Waals surface area (Å²) in [5, 5.41) is 6.34. The van der Waals surface area contributed by atoms with Crippen molar-refractivity contribution in [1.82, 2.24) is 4.31 Å². The molecule has 2 aromatic carbocycles. The summed E-state index contributed by atoms with van der Waals surface area (Å²) in [6.45, 7) is 2.44. The highest BCUT2D eigenvalue weighted by atomic mass is 35.5. The number of anilines is 2. The fourth-order valence-electron chi connectivity index (χ4n) is 3.50. The molecule has 1 heterocycles. The molecular formula is C21H26ClN3O5S. The lowest BCUT2D eigenvalue weighted by molar-refractivity contribution is -0.114.